The maximum atomic E-state index is 12.6. The maximum Gasteiger partial charge on any atom is 0.251 e. The molecule has 23 heavy (non-hydrogen) atoms. The van der Waals surface area contributed by atoms with Gasteiger partial charge in [-0.25, -0.2) is 9.97 Å². The number of aromatic nitrogens is 2. The summed E-state index contributed by atoms with van der Waals surface area (Å²) < 4.78 is 5.57. The van der Waals surface area contributed by atoms with Crippen molar-refractivity contribution >= 4 is 11.9 Å². The molecule has 3 aliphatic rings. The molecule has 0 N–H and O–H groups in total. The van der Waals surface area contributed by atoms with E-state index in [1.807, 2.05) is 11.0 Å². The first-order chi connectivity index (χ1) is 11.3. The molecular weight excluding hydrogens is 292 g/mol. The molecule has 1 amide bonds. The van der Waals surface area contributed by atoms with Crippen molar-refractivity contribution in [2.45, 2.75) is 38.2 Å². The number of ether oxygens (including phenoxy) is 1. The Kier molecular flexibility index (Phi) is 3.93. The Morgan fingerprint density at radius 1 is 1.17 bits per heavy atom. The van der Waals surface area contributed by atoms with Gasteiger partial charge in [0.2, 0.25) is 5.95 Å². The Labute approximate surface area is 136 Å². The molecule has 0 radical (unpaired) electrons. The minimum atomic E-state index is -0.192. The van der Waals surface area contributed by atoms with Crippen LogP contribution in [0.15, 0.2) is 18.5 Å². The molecule has 6 nitrogen and oxygen atoms in total. The summed E-state index contributed by atoms with van der Waals surface area (Å²) in [5.41, 5.74) is 0.200. The fourth-order valence-corrected chi connectivity index (χ4v) is 4.27. The van der Waals surface area contributed by atoms with Crippen LogP contribution in [0.5, 0.6) is 0 Å². The van der Waals surface area contributed by atoms with Crippen LogP contribution in [-0.2, 0) is 9.53 Å². The Bertz CT molecular complexity index is 561. The minimum absolute atomic E-state index is 0.192. The Hall–Kier alpha value is -1.69. The van der Waals surface area contributed by atoms with Gasteiger partial charge in [-0.15, -0.1) is 0 Å². The summed E-state index contributed by atoms with van der Waals surface area (Å²) in [4.78, 5) is 25.7. The van der Waals surface area contributed by atoms with Crippen molar-refractivity contribution in [1.29, 1.82) is 0 Å². The molecule has 4 rings (SSSR count). The largest absolute Gasteiger partial charge is 0.368 e. The average Bonchev–Trinajstić information content (AvgIpc) is 3.26. The smallest absolute Gasteiger partial charge is 0.251 e. The van der Waals surface area contributed by atoms with Gasteiger partial charge in [0.15, 0.2) is 0 Å². The highest BCUT2D eigenvalue weighted by Crippen LogP contribution is 2.40. The van der Waals surface area contributed by atoms with Crippen molar-refractivity contribution in [3.8, 4) is 0 Å². The minimum Gasteiger partial charge on any atom is -0.368 e. The molecule has 4 heterocycles. The van der Waals surface area contributed by atoms with Crippen LogP contribution < -0.4 is 4.90 Å². The molecule has 0 unspecified atom stereocenters. The normalized spacial score (nSPS) is 31.0. The zero-order valence-corrected chi connectivity index (χ0v) is 13.5. The number of likely N-dealkylation sites (tertiary alicyclic amines) is 1. The lowest BCUT2D eigenvalue weighted by Crippen LogP contribution is -2.47. The van der Waals surface area contributed by atoms with Gasteiger partial charge in [0.1, 0.15) is 6.10 Å². The molecule has 0 aromatic carbocycles. The zero-order valence-electron chi connectivity index (χ0n) is 13.5. The van der Waals surface area contributed by atoms with Gasteiger partial charge >= 0.3 is 0 Å². The van der Waals surface area contributed by atoms with Gasteiger partial charge in [0, 0.05) is 50.6 Å². The number of amides is 1. The van der Waals surface area contributed by atoms with Gasteiger partial charge in [0.25, 0.3) is 5.91 Å². The third-order valence-electron chi connectivity index (χ3n) is 5.45. The van der Waals surface area contributed by atoms with E-state index < -0.39 is 0 Å². The lowest BCUT2D eigenvalue weighted by molar-refractivity contribution is -0.140. The van der Waals surface area contributed by atoms with E-state index in [-0.39, 0.29) is 17.4 Å². The van der Waals surface area contributed by atoms with E-state index in [9.17, 15) is 4.79 Å². The van der Waals surface area contributed by atoms with Gasteiger partial charge in [-0.3, -0.25) is 4.79 Å². The van der Waals surface area contributed by atoms with Gasteiger partial charge < -0.3 is 14.5 Å². The van der Waals surface area contributed by atoms with Crippen LogP contribution in [-0.4, -0.2) is 59.7 Å². The predicted molar refractivity (Wildman–Crippen MR) is 86.1 cm³/mol. The average molecular weight is 316 g/mol. The molecule has 0 saturated carbocycles. The van der Waals surface area contributed by atoms with E-state index >= 15 is 0 Å². The molecule has 1 aromatic heterocycles. The molecule has 3 saturated heterocycles. The van der Waals surface area contributed by atoms with E-state index in [1.54, 1.807) is 12.4 Å². The Morgan fingerprint density at radius 2 is 2.04 bits per heavy atom. The SMILES string of the molecule is O=C([C@H]1CCCO1)N1CC[C@@]2(CCCN(c3ncccn3)C2)C1. The van der Waals surface area contributed by atoms with Crippen LogP contribution in [0.1, 0.15) is 32.1 Å². The van der Waals surface area contributed by atoms with Gasteiger partial charge in [-0.1, -0.05) is 0 Å². The van der Waals surface area contributed by atoms with Crippen molar-refractivity contribution in [1.82, 2.24) is 14.9 Å². The lowest BCUT2D eigenvalue weighted by Gasteiger charge is -2.40. The summed E-state index contributed by atoms with van der Waals surface area (Å²) in [6, 6.07) is 1.85. The van der Waals surface area contributed by atoms with Gasteiger partial charge in [-0.2, -0.15) is 0 Å². The van der Waals surface area contributed by atoms with Crippen LogP contribution in [0, 0.1) is 5.41 Å². The molecule has 0 bridgehead atoms. The summed E-state index contributed by atoms with van der Waals surface area (Å²) in [6.07, 6.45) is 8.70. The van der Waals surface area contributed by atoms with E-state index in [4.69, 9.17) is 4.74 Å². The number of carbonyl (C=O) groups excluding carboxylic acids is 1. The molecular formula is C17H24N4O2. The van der Waals surface area contributed by atoms with Crippen LogP contribution >= 0.6 is 0 Å². The second kappa shape index (κ2) is 6.07. The number of hydrogen-bond donors (Lipinski definition) is 0. The number of piperidine rings is 1. The van der Waals surface area contributed by atoms with Crippen LogP contribution in [0.4, 0.5) is 5.95 Å². The quantitative estimate of drug-likeness (QED) is 0.827. The van der Waals surface area contributed by atoms with Crippen LogP contribution in [0.2, 0.25) is 0 Å². The number of rotatable bonds is 2. The summed E-state index contributed by atoms with van der Waals surface area (Å²) >= 11 is 0. The van der Waals surface area contributed by atoms with Crippen LogP contribution in [0.25, 0.3) is 0 Å². The van der Waals surface area contributed by atoms with Crippen molar-refractivity contribution in [3.63, 3.8) is 0 Å². The summed E-state index contributed by atoms with van der Waals surface area (Å²) in [7, 11) is 0. The number of hydrogen-bond acceptors (Lipinski definition) is 5. The number of anilines is 1. The van der Waals surface area contributed by atoms with E-state index in [2.05, 4.69) is 14.9 Å². The molecule has 6 heteroatoms. The number of carbonyl (C=O) groups is 1. The van der Waals surface area contributed by atoms with E-state index in [0.29, 0.717) is 0 Å². The van der Waals surface area contributed by atoms with Gasteiger partial charge in [-0.05, 0) is 38.2 Å². The molecule has 3 fully saturated rings. The molecule has 3 aliphatic heterocycles. The highest BCUT2D eigenvalue weighted by molar-refractivity contribution is 5.81. The molecule has 0 aliphatic carbocycles. The first kappa shape index (κ1) is 14.9. The van der Waals surface area contributed by atoms with Crippen molar-refractivity contribution in [2.24, 2.45) is 5.41 Å². The number of nitrogens with zero attached hydrogens (tertiary/aromatic N) is 4. The molecule has 124 valence electrons. The standard InChI is InChI=1S/C17H24N4O2/c22-15(14-4-1-11-23-14)20-10-6-17(12-20)5-2-9-21(13-17)16-18-7-3-8-19-16/h3,7-8,14H,1-2,4-6,9-13H2/t14-,17+/m1/s1. The van der Waals surface area contributed by atoms with Crippen molar-refractivity contribution in [3.05, 3.63) is 18.5 Å². The highest BCUT2D eigenvalue weighted by atomic mass is 16.5. The third-order valence-corrected chi connectivity index (χ3v) is 5.45. The maximum absolute atomic E-state index is 12.6. The monoisotopic (exact) mass is 316 g/mol. The summed E-state index contributed by atoms with van der Waals surface area (Å²) in [5.74, 6) is 1.02. The van der Waals surface area contributed by atoms with Crippen LogP contribution in [0.3, 0.4) is 0 Å². The Morgan fingerprint density at radius 3 is 2.83 bits per heavy atom. The molecule has 1 aromatic rings. The van der Waals surface area contributed by atoms with Gasteiger partial charge in [0.05, 0.1) is 0 Å². The van der Waals surface area contributed by atoms with Crippen molar-refractivity contribution in [2.75, 3.05) is 37.7 Å². The lowest BCUT2D eigenvalue weighted by atomic mass is 9.79. The molecule has 2 atom stereocenters. The fourth-order valence-electron chi connectivity index (χ4n) is 4.27. The highest BCUT2D eigenvalue weighted by Gasteiger charge is 2.44. The topological polar surface area (TPSA) is 58.6 Å². The molecule has 1 spiro atoms. The van der Waals surface area contributed by atoms with Crippen molar-refractivity contribution < 1.29 is 9.53 Å². The van der Waals surface area contributed by atoms with E-state index in [0.717, 1.165) is 64.4 Å². The second-order valence-electron chi connectivity index (χ2n) is 7.09. The summed E-state index contributed by atoms with van der Waals surface area (Å²) in [5, 5.41) is 0. The zero-order chi connectivity index (χ0) is 15.7. The predicted octanol–water partition coefficient (Wildman–Crippen LogP) is 1.47. The first-order valence-electron chi connectivity index (χ1n) is 8.68. The first-order valence-corrected chi connectivity index (χ1v) is 8.68. The fraction of sp³-hybridized carbons (Fsp3) is 0.706. The Balaban J connectivity index is 1.43. The third kappa shape index (κ3) is 2.92. The second-order valence-corrected chi connectivity index (χ2v) is 7.09. The van der Waals surface area contributed by atoms with E-state index in [1.165, 1.54) is 6.42 Å². The summed E-state index contributed by atoms with van der Waals surface area (Å²) in [6.45, 7) is 4.41.